The molecule has 1 aliphatic rings. The Balaban J connectivity index is 1.99. The van der Waals surface area contributed by atoms with Gasteiger partial charge >= 0.3 is 12.0 Å². The number of hydrogen-bond acceptors (Lipinski definition) is 6. The number of imide groups is 1. The summed E-state index contributed by atoms with van der Waals surface area (Å²) in [6, 6.07) is 6.13. The van der Waals surface area contributed by atoms with Crippen molar-refractivity contribution < 1.29 is 28.7 Å². The molecule has 0 saturated heterocycles. The summed E-state index contributed by atoms with van der Waals surface area (Å²) >= 11 is 0. The number of benzene rings is 1. The van der Waals surface area contributed by atoms with Crippen LogP contribution in [0.2, 0.25) is 0 Å². The number of para-hydroxylation sites is 2. The number of ether oxygens (including phenoxy) is 2. The molecule has 0 spiro atoms. The predicted octanol–water partition coefficient (Wildman–Crippen LogP) is 1.36. The fourth-order valence-corrected chi connectivity index (χ4v) is 2.54. The molecule has 28 heavy (non-hydrogen) atoms. The Hall–Kier alpha value is -3.10. The molecule has 2 atom stereocenters. The highest BCUT2D eigenvalue weighted by Crippen LogP contribution is 2.33. The van der Waals surface area contributed by atoms with Gasteiger partial charge in [0, 0.05) is 12.5 Å². The summed E-state index contributed by atoms with van der Waals surface area (Å²) in [4.78, 5) is 49.6. The van der Waals surface area contributed by atoms with E-state index in [2.05, 4.69) is 10.6 Å². The van der Waals surface area contributed by atoms with E-state index in [1.54, 1.807) is 45.0 Å². The van der Waals surface area contributed by atoms with Crippen molar-refractivity contribution in [2.24, 2.45) is 0 Å². The molecule has 0 fully saturated rings. The van der Waals surface area contributed by atoms with E-state index in [0.29, 0.717) is 11.4 Å². The molecule has 0 bridgehead atoms. The number of urea groups is 1. The van der Waals surface area contributed by atoms with E-state index in [0.717, 1.165) is 0 Å². The molecule has 0 aliphatic carbocycles. The highest BCUT2D eigenvalue weighted by atomic mass is 16.6. The van der Waals surface area contributed by atoms with E-state index < -0.39 is 35.7 Å². The molecule has 0 saturated carbocycles. The molecular weight excluding hydrogens is 366 g/mol. The molecule has 4 amide bonds. The third kappa shape index (κ3) is 5.45. The van der Waals surface area contributed by atoms with E-state index in [1.807, 2.05) is 0 Å². The lowest BCUT2D eigenvalue weighted by atomic mass is 10.1. The Morgan fingerprint density at radius 2 is 1.86 bits per heavy atom. The zero-order valence-corrected chi connectivity index (χ0v) is 16.6. The van der Waals surface area contributed by atoms with Crippen LogP contribution in [0.15, 0.2) is 24.3 Å². The van der Waals surface area contributed by atoms with Crippen LogP contribution in [0.25, 0.3) is 0 Å². The summed E-state index contributed by atoms with van der Waals surface area (Å²) in [6.07, 6.45) is -2.30. The van der Waals surface area contributed by atoms with Gasteiger partial charge in [0.25, 0.3) is 5.91 Å². The quantitative estimate of drug-likeness (QED) is 0.752. The Morgan fingerprint density at radius 1 is 1.21 bits per heavy atom. The fraction of sp³-hybridized carbons (Fsp3) is 0.474. The van der Waals surface area contributed by atoms with Gasteiger partial charge in [0.05, 0.1) is 12.2 Å². The largest absolute Gasteiger partial charge is 0.475 e. The van der Waals surface area contributed by atoms with E-state index in [4.69, 9.17) is 9.47 Å². The topological polar surface area (TPSA) is 114 Å². The Kier molecular flexibility index (Phi) is 6.27. The Labute approximate surface area is 163 Å². The second kappa shape index (κ2) is 8.28. The third-order valence-electron chi connectivity index (χ3n) is 3.80. The second-order valence-electron chi connectivity index (χ2n) is 7.48. The average molecular weight is 391 g/mol. The van der Waals surface area contributed by atoms with Crippen LogP contribution in [-0.2, 0) is 19.1 Å². The highest BCUT2D eigenvalue weighted by molar-refractivity contribution is 5.98. The minimum Gasteiger partial charge on any atom is -0.475 e. The molecular formula is C19H25N3O6. The number of carbonyl (C=O) groups is 4. The van der Waals surface area contributed by atoms with Gasteiger partial charge in [-0.2, -0.15) is 0 Å². The summed E-state index contributed by atoms with van der Waals surface area (Å²) in [6.45, 7) is 7.98. The molecule has 1 heterocycles. The van der Waals surface area contributed by atoms with Gasteiger partial charge < -0.3 is 19.7 Å². The first-order valence-corrected chi connectivity index (χ1v) is 8.85. The van der Waals surface area contributed by atoms with Crippen LogP contribution in [0.3, 0.4) is 0 Å². The lowest BCUT2D eigenvalue weighted by Crippen LogP contribution is -2.52. The molecule has 2 N–H and O–H groups in total. The molecule has 0 aromatic heterocycles. The number of esters is 1. The zero-order chi connectivity index (χ0) is 21.1. The first-order chi connectivity index (χ1) is 13.0. The lowest BCUT2D eigenvalue weighted by molar-refractivity contribution is -0.161. The van der Waals surface area contributed by atoms with Gasteiger partial charge in [-0.1, -0.05) is 12.1 Å². The monoisotopic (exact) mass is 391 g/mol. The number of amides is 4. The smallest absolute Gasteiger partial charge is 0.350 e. The van der Waals surface area contributed by atoms with Crippen molar-refractivity contribution in [1.29, 1.82) is 0 Å². The Morgan fingerprint density at radius 3 is 2.46 bits per heavy atom. The molecule has 1 aromatic carbocycles. The van der Waals surface area contributed by atoms with Crippen LogP contribution in [-0.4, -0.2) is 48.1 Å². The van der Waals surface area contributed by atoms with Crippen LogP contribution in [0, 0.1) is 0 Å². The minimum absolute atomic E-state index is 0.0377. The van der Waals surface area contributed by atoms with Crippen molar-refractivity contribution in [3.8, 4) is 5.75 Å². The standard InChI is InChI=1S/C19H25N3O6/c1-11(16(24)20-18(26)21-19(3,4)5)27-17(25)15-10-22(12(2)23)13-8-6-7-9-14(13)28-15/h6-9,11,15H,10H2,1-5H3,(H2,20,21,24,26)/t11-,15+/m0/s1. The predicted molar refractivity (Wildman–Crippen MR) is 101 cm³/mol. The van der Waals surface area contributed by atoms with Crippen molar-refractivity contribution in [3.63, 3.8) is 0 Å². The maximum atomic E-state index is 12.4. The van der Waals surface area contributed by atoms with E-state index in [9.17, 15) is 19.2 Å². The van der Waals surface area contributed by atoms with Crippen molar-refractivity contribution in [2.75, 3.05) is 11.4 Å². The molecule has 0 radical (unpaired) electrons. The van der Waals surface area contributed by atoms with Crippen molar-refractivity contribution in [2.45, 2.75) is 52.4 Å². The minimum atomic E-state index is -1.22. The van der Waals surface area contributed by atoms with Crippen molar-refractivity contribution in [3.05, 3.63) is 24.3 Å². The normalized spacial score (nSPS) is 16.9. The highest BCUT2D eigenvalue weighted by Gasteiger charge is 2.35. The van der Waals surface area contributed by atoms with Crippen LogP contribution in [0.1, 0.15) is 34.6 Å². The fourth-order valence-electron chi connectivity index (χ4n) is 2.54. The van der Waals surface area contributed by atoms with Gasteiger partial charge in [-0.05, 0) is 39.8 Å². The number of hydrogen-bond donors (Lipinski definition) is 2. The van der Waals surface area contributed by atoms with Gasteiger partial charge in [0.1, 0.15) is 5.75 Å². The number of fused-ring (bicyclic) bond motifs is 1. The maximum absolute atomic E-state index is 12.4. The first kappa shape index (κ1) is 21.2. The van der Waals surface area contributed by atoms with Gasteiger partial charge in [-0.15, -0.1) is 0 Å². The number of nitrogens with zero attached hydrogens (tertiary/aromatic N) is 1. The maximum Gasteiger partial charge on any atom is 0.350 e. The second-order valence-corrected chi connectivity index (χ2v) is 7.48. The van der Waals surface area contributed by atoms with Gasteiger partial charge in [0.2, 0.25) is 12.0 Å². The van der Waals surface area contributed by atoms with Crippen LogP contribution >= 0.6 is 0 Å². The SMILES string of the molecule is CC(=O)N1C[C@H](C(=O)O[C@@H](C)C(=O)NC(=O)NC(C)(C)C)Oc2ccccc21. The summed E-state index contributed by atoms with van der Waals surface area (Å²) in [5.41, 5.74) is 0.0349. The molecule has 9 nitrogen and oxygen atoms in total. The van der Waals surface area contributed by atoms with Crippen molar-refractivity contribution >= 4 is 29.5 Å². The first-order valence-electron chi connectivity index (χ1n) is 8.85. The van der Waals surface area contributed by atoms with Crippen LogP contribution < -0.4 is 20.3 Å². The zero-order valence-electron chi connectivity index (χ0n) is 16.6. The summed E-state index contributed by atoms with van der Waals surface area (Å²) in [5, 5.41) is 4.69. The summed E-state index contributed by atoms with van der Waals surface area (Å²) in [7, 11) is 0. The van der Waals surface area contributed by atoms with Crippen molar-refractivity contribution in [1.82, 2.24) is 10.6 Å². The number of anilines is 1. The number of carbonyl (C=O) groups excluding carboxylic acids is 4. The number of rotatable bonds is 3. The summed E-state index contributed by atoms with van der Waals surface area (Å²) in [5.74, 6) is -1.46. The molecule has 0 unspecified atom stereocenters. The van der Waals surface area contributed by atoms with E-state index >= 15 is 0 Å². The third-order valence-corrected chi connectivity index (χ3v) is 3.80. The van der Waals surface area contributed by atoms with E-state index in [-0.39, 0.29) is 12.5 Å². The molecule has 152 valence electrons. The Bertz CT molecular complexity index is 786. The molecule has 9 heteroatoms. The lowest BCUT2D eigenvalue weighted by Gasteiger charge is -2.33. The van der Waals surface area contributed by atoms with Gasteiger partial charge in [0.15, 0.2) is 6.10 Å². The average Bonchev–Trinajstić information content (AvgIpc) is 2.58. The molecule has 1 aliphatic heterocycles. The van der Waals surface area contributed by atoms with Crippen LogP contribution in [0.5, 0.6) is 5.75 Å². The summed E-state index contributed by atoms with van der Waals surface area (Å²) < 4.78 is 10.8. The van der Waals surface area contributed by atoms with Crippen LogP contribution in [0.4, 0.5) is 10.5 Å². The molecule has 1 aromatic rings. The number of nitrogens with one attached hydrogen (secondary N) is 2. The van der Waals surface area contributed by atoms with Gasteiger partial charge in [-0.3, -0.25) is 14.9 Å². The van der Waals surface area contributed by atoms with E-state index in [1.165, 1.54) is 18.7 Å². The van der Waals surface area contributed by atoms with Gasteiger partial charge in [-0.25, -0.2) is 9.59 Å². The molecule has 2 rings (SSSR count).